The Bertz CT molecular complexity index is 1650. The number of benzene rings is 3. The van der Waals surface area contributed by atoms with Crippen LogP contribution in [0.2, 0.25) is 10.0 Å². The average Bonchev–Trinajstić information content (AvgIpc) is 3.50. The van der Waals surface area contributed by atoms with Crippen molar-refractivity contribution in [1.82, 2.24) is 20.2 Å². The van der Waals surface area contributed by atoms with E-state index in [2.05, 4.69) is 30.3 Å². The minimum absolute atomic E-state index is 0.0504. The van der Waals surface area contributed by atoms with E-state index in [1.807, 2.05) is 0 Å². The number of ether oxygens (including phenoxy) is 3. The molecule has 45 heavy (non-hydrogen) atoms. The Morgan fingerprint density at radius 3 is 2.38 bits per heavy atom. The lowest BCUT2D eigenvalue weighted by Gasteiger charge is -2.09. The predicted octanol–water partition coefficient (Wildman–Crippen LogP) is 6.99. The fourth-order valence-electron chi connectivity index (χ4n) is 3.43. The lowest BCUT2D eigenvalue weighted by atomic mass is 10.1. The minimum atomic E-state index is -4.78. The lowest BCUT2D eigenvalue weighted by molar-refractivity contribution is -0.274. The van der Waals surface area contributed by atoms with Gasteiger partial charge < -0.3 is 18.4 Å². The van der Waals surface area contributed by atoms with Crippen molar-refractivity contribution < 1.29 is 36.4 Å². The van der Waals surface area contributed by atoms with Gasteiger partial charge in [-0.05, 0) is 36.8 Å². The molecule has 0 saturated carbocycles. The SMILES string of the molecule is CCOCC(=O)OS/C(=N\c1c(Cl)cc(OC)cc1Cl)N/N=C/c1ccc(-c2ncn(-c3ccc(OC(F)(F)F)cc3)n2)cc1. The first-order valence-electron chi connectivity index (χ1n) is 12.8. The maximum Gasteiger partial charge on any atom is 0.573 e. The summed E-state index contributed by atoms with van der Waals surface area (Å²) >= 11 is 13.2. The maximum absolute atomic E-state index is 12.4. The van der Waals surface area contributed by atoms with Gasteiger partial charge in [-0.25, -0.2) is 19.5 Å². The summed E-state index contributed by atoms with van der Waals surface area (Å²) in [6.07, 6.45) is -1.84. The Hall–Kier alpha value is -4.31. The summed E-state index contributed by atoms with van der Waals surface area (Å²) < 4.78 is 57.9. The molecule has 0 fully saturated rings. The van der Waals surface area contributed by atoms with Crippen LogP contribution in [0.5, 0.6) is 11.5 Å². The van der Waals surface area contributed by atoms with Gasteiger partial charge in [-0.2, -0.15) is 5.10 Å². The molecule has 0 unspecified atom stereocenters. The third-order valence-corrected chi connectivity index (χ3v) is 6.63. The number of hydrogen-bond donors (Lipinski definition) is 1. The number of carbonyl (C=O) groups excluding carboxylic acids is 1. The van der Waals surface area contributed by atoms with E-state index in [1.54, 1.807) is 31.2 Å². The van der Waals surface area contributed by atoms with E-state index >= 15 is 0 Å². The first-order valence-corrected chi connectivity index (χ1v) is 14.3. The number of hydrazone groups is 1. The first kappa shape index (κ1) is 33.6. The molecule has 0 aliphatic rings. The van der Waals surface area contributed by atoms with Gasteiger partial charge in [0.2, 0.25) is 5.17 Å². The standard InChI is InChI=1S/C28H23Cl2F3N6O5S/c1-3-42-15-24(40)44-45-27(36-25-22(29)12-21(41-2)13-23(25)30)37-35-14-17-4-6-18(7-5-17)26-34-16-39(38-26)19-8-10-20(11-9-19)43-28(31,32)33/h4-14,16H,3,15H2,1-2H3,(H,36,37)/b35-14+. The van der Waals surface area contributed by atoms with Gasteiger partial charge in [-0.3, -0.25) is 5.43 Å². The highest BCUT2D eigenvalue weighted by atomic mass is 35.5. The van der Waals surface area contributed by atoms with Crippen molar-refractivity contribution in [2.24, 2.45) is 10.1 Å². The smallest absolute Gasteiger partial charge is 0.497 e. The van der Waals surface area contributed by atoms with Crippen molar-refractivity contribution in [3.05, 3.63) is 82.6 Å². The molecule has 1 heterocycles. The number of aliphatic imine (C=N–C) groups is 1. The van der Waals surface area contributed by atoms with Gasteiger partial charge in [0.1, 0.15) is 42.2 Å². The summed E-state index contributed by atoms with van der Waals surface area (Å²) in [7, 11) is 1.47. The molecule has 17 heteroatoms. The molecule has 236 valence electrons. The zero-order valence-corrected chi connectivity index (χ0v) is 25.7. The van der Waals surface area contributed by atoms with Crippen LogP contribution in [-0.2, 0) is 13.7 Å². The van der Waals surface area contributed by atoms with Crippen LogP contribution in [0.4, 0.5) is 18.9 Å². The molecule has 11 nitrogen and oxygen atoms in total. The van der Waals surface area contributed by atoms with E-state index in [4.69, 9.17) is 36.9 Å². The highest BCUT2D eigenvalue weighted by molar-refractivity contribution is 8.10. The normalized spacial score (nSPS) is 11.9. The van der Waals surface area contributed by atoms with Gasteiger partial charge in [0, 0.05) is 24.3 Å². The average molecular weight is 683 g/mol. The van der Waals surface area contributed by atoms with Gasteiger partial charge >= 0.3 is 12.3 Å². The first-order chi connectivity index (χ1) is 21.5. The van der Waals surface area contributed by atoms with Crippen LogP contribution in [0.15, 0.2) is 77.1 Å². The molecule has 0 spiro atoms. The number of hydrogen-bond acceptors (Lipinski definition) is 10. The summed E-state index contributed by atoms with van der Waals surface area (Å²) in [5, 5.41) is 9.00. The van der Waals surface area contributed by atoms with Crippen molar-refractivity contribution in [2.45, 2.75) is 13.3 Å². The van der Waals surface area contributed by atoms with E-state index in [-0.39, 0.29) is 33.3 Å². The number of methoxy groups -OCH3 is 1. The summed E-state index contributed by atoms with van der Waals surface area (Å²) in [4.78, 5) is 20.6. The number of alkyl halides is 3. The van der Waals surface area contributed by atoms with E-state index in [0.717, 1.165) is 0 Å². The van der Waals surface area contributed by atoms with Crippen LogP contribution >= 0.6 is 35.2 Å². The van der Waals surface area contributed by atoms with Crippen LogP contribution in [0.25, 0.3) is 17.1 Å². The van der Waals surface area contributed by atoms with Crippen molar-refractivity contribution >= 4 is 58.3 Å². The fraction of sp³-hybridized carbons (Fsp3) is 0.179. The van der Waals surface area contributed by atoms with Crippen LogP contribution in [0, 0.1) is 0 Å². The van der Waals surface area contributed by atoms with Crippen LogP contribution in [-0.4, -0.2) is 58.8 Å². The van der Waals surface area contributed by atoms with Crippen molar-refractivity contribution in [2.75, 3.05) is 20.3 Å². The third-order valence-electron chi connectivity index (χ3n) is 5.45. The van der Waals surface area contributed by atoms with E-state index in [0.29, 0.717) is 47.0 Å². The molecular formula is C28H23Cl2F3N6O5S. The van der Waals surface area contributed by atoms with E-state index in [1.165, 1.54) is 60.7 Å². The summed E-state index contributed by atoms with van der Waals surface area (Å²) in [6.45, 7) is 1.84. The molecule has 1 N–H and O–H groups in total. The summed E-state index contributed by atoms with van der Waals surface area (Å²) in [5.74, 6) is -0.149. The largest absolute Gasteiger partial charge is 0.573 e. The van der Waals surface area contributed by atoms with Crippen LogP contribution in [0.3, 0.4) is 0 Å². The highest BCUT2D eigenvalue weighted by Crippen LogP contribution is 2.37. The number of nitrogens with one attached hydrogen (secondary N) is 1. The Kier molecular flexibility index (Phi) is 11.6. The minimum Gasteiger partial charge on any atom is -0.497 e. The topological polar surface area (TPSA) is 121 Å². The predicted molar refractivity (Wildman–Crippen MR) is 164 cm³/mol. The molecule has 0 saturated heterocycles. The molecule has 0 aliphatic carbocycles. The second-order valence-electron chi connectivity index (χ2n) is 8.58. The van der Waals surface area contributed by atoms with Crippen molar-refractivity contribution in [1.29, 1.82) is 0 Å². The monoisotopic (exact) mass is 682 g/mol. The van der Waals surface area contributed by atoms with Gasteiger partial charge in [-0.15, -0.1) is 18.3 Å². The van der Waals surface area contributed by atoms with Gasteiger partial charge in [0.05, 0.1) is 29.1 Å². The molecule has 1 aromatic heterocycles. The Morgan fingerprint density at radius 2 is 1.76 bits per heavy atom. The van der Waals surface area contributed by atoms with Crippen LogP contribution in [0.1, 0.15) is 12.5 Å². The van der Waals surface area contributed by atoms with Crippen molar-refractivity contribution in [3.8, 4) is 28.6 Å². The quantitative estimate of drug-likeness (QED) is 0.0816. The zero-order chi connectivity index (χ0) is 32.4. The van der Waals surface area contributed by atoms with E-state index in [9.17, 15) is 18.0 Å². The Morgan fingerprint density at radius 1 is 1.07 bits per heavy atom. The summed E-state index contributed by atoms with van der Waals surface area (Å²) in [5.41, 5.74) is 4.77. The number of rotatable bonds is 10. The van der Waals surface area contributed by atoms with Crippen molar-refractivity contribution in [3.63, 3.8) is 0 Å². The molecule has 0 atom stereocenters. The van der Waals surface area contributed by atoms with Gasteiger partial charge in [0.15, 0.2) is 5.82 Å². The third kappa shape index (κ3) is 10.1. The zero-order valence-electron chi connectivity index (χ0n) is 23.4. The van der Waals surface area contributed by atoms with Crippen LogP contribution < -0.4 is 14.9 Å². The Labute approximate surface area is 269 Å². The molecule has 3 aromatic carbocycles. The molecule has 0 radical (unpaired) electrons. The molecule has 0 aliphatic heterocycles. The second kappa shape index (κ2) is 15.6. The number of amidine groups is 1. The number of aromatic nitrogens is 3. The van der Waals surface area contributed by atoms with Gasteiger partial charge in [-0.1, -0.05) is 47.5 Å². The summed E-state index contributed by atoms with van der Waals surface area (Å²) in [6, 6.07) is 15.3. The Balaban J connectivity index is 1.44. The lowest BCUT2D eigenvalue weighted by Crippen LogP contribution is -2.17. The number of nitrogens with zero attached hydrogens (tertiary/aromatic N) is 5. The van der Waals surface area contributed by atoms with Gasteiger partial charge in [0.25, 0.3) is 0 Å². The molecule has 0 amide bonds. The maximum atomic E-state index is 12.4. The molecule has 4 rings (SSSR count). The number of halogens is 5. The highest BCUT2D eigenvalue weighted by Gasteiger charge is 2.31. The fourth-order valence-corrected chi connectivity index (χ4v) is 4.42. The molecular weight excluding hydrogens is 660 g/mol. The second-order valence-corrected chi connectivity index (χ2v) is 10.1. The molecule has 0 bridgehead atoms. The molecule has 4 aromatic rings. The number of carbonyl (C=O) groups is 1. The van der Waals surface area contributed by atoms with E-state index < -0.39 is 12.3 Å².